The number of halogens is 2. The molecule has 0 fully saturated rings. The van der Waals surface area contributed by atoms with Gasteiger partial charge in [-0.2, -0.15) is 0 Å². The van der Waals surface area contributed by atoms with E-state index < -0.39 is 11.6 Å². The van der Waals surface area contributed by atoms with Crippen LogP contribution in [-0.2, 0) is 0 Å². The number of thiophene rings is 1. The maximum atomic E-state index is 13.5. The van der Waals surface area contributed by atoms with Crippen molar-refractivity contribution in [1.29, 1.82) is 0 Å². The number of benzene rings is 1. The van der Waals surface area contributed by atoms with Gasteiger partial charge in [0.2, 0.25) is 5.95 Å². The Morgan fingerprint density at radius 1 is 1.28 bits per heavy atom. The van der Waals surface area contributed by atoms with Crippen LogP contribution in [0.15, 0.2) is 22.9 Å². The highest BCUT2D eigenvalue weighted by atomic mass is 32.1. The van der Waals surface area contributed by atoms with Crippen molar-refractivity contribution in [1.82, 2.24) is 9.97 Å². The Balaban J connectivity index is 2.04. The highest BCUT2D eigenvalue weighted by Crippen LogP contribution is 2.25. The molecule has 3 nitrogen and oxygen atoms in total. The number of fused-ring (bicyclic) bond motifs is 1. The lowest BCUT2D eigenvalue weighted by molar-refractivity contribution is 0.591. The fourth-order valence-electron chi connectivity index (χ4n) is 1.72. The second kappa shape index (κ2) is 4.06. The molecule has 0 spiro atoms. The predicted molar refractivity (Wildman–Crippen MR) is 68.3 cm³/mol. The van der Waals surface area contributed by atoms with Crippen LogP contribution in [0.3, 0.4) is 0 Å². The van der Waals surface area contributed by atoms with Gasteiger partial charge in [-0.3, -0.25) is 0 Å². The van der Waals surface area contributed by atoms with E-state index in [4.69, 9.17) is 0 Å². The van der Waals surface area contributed by atoms with Gasteiger partial charge >= 0.3 is 0 Å². The summed E-state index contributed by atoms with van der Waals surface area (Å²) in [5, 5.41) is 6.96. The topological polar surface area (TPSA) is 40.7 Å². The number of nitrogens with one attached hydrogen (secondary N) is 2. The molecule has 0 aliphatic rings. The molecular formula is C12H9F2N3S. The van der Waals surface area contributed by atoms with Crippen molar-refractivity contribution in [3.8, 4) is 0 Å². The Labute approximate surface area is 105 Å². The first-order valence-corrected chi connectivity index (χ1v) is 6.22. The monoisotopic (exact) mass is 265 g/mol. The standard InChI is InChI=1S/C12H9F2N3S/c1-6-4-18-5-10(6)16-12-15-9-3-7(13)2-8(14)11(9)17-12/h2-5H,1H3,(H2,15,16,17). The fraction of sp³-hybridized carbons (Fsp3) is 0.0833. The summed E-state index contributed by atoms with van der Waals surface area (Å²) in [5.41, 5.74) is 2.45. The smallest absolute Gasteiger partial charge is 0.205 e. The second-order valence-corrected chi connectivity index (χ2v) is 4.71. The van der Waals surface area contributed by atoms with Crippen LogP contribution < -0.4 is 5.32 Å². The first-order chi connectivity index (χ1) is 8.63. The molecule has 92 valence electrons. The van der Waals surface area contributed by atoms with E-state index in [1.807, 2.05) is 17.7 Å². The molecule has 0 aliphatic carbocycles. The molecule has 2 aromatic heterocycles. The van der Waals surface area contributed by atoms with Gasteiger partial charge in [0.25, 0.3) is 0 Å². The van der Waals surface area contributed by atoms with Crippen LogP contribution in [0.4, 0.5) is 20.4 Å². The summed E-state index contributed by atoms with van der Waals surface area (Å²) in [6.07, 6.45) is 0. The van der Waals surface area contributed by atoms with E-state index in [2.05, 4.69) is 15.3 Å². The fourth-order valence-corrected chi connectivity index (χ4v) is 2.50. The maximum Gasteiger partial charge on any atom is 0.205 e. The average Bonchev–Trinajstić information content (AvgIpc) is 2.86. The SMILES string of the molecule is Cc1cscc1Nc1nc2c(F)cc(F)cc2[nH]1. The Morgan fingerprint density at radius 3 is 2.83 bits per heavy atom. The summed E-state index contributed by atoms with van der Waals surface area (Å²) < 4.78 is 26.5. The Hall–Kier alpha value is -1.95. The van der Waals surface area contributed by atoms with Gasteiger partial charge in [-0.1, -0.05) is 0 Å². The highest BCUT2D eigenvalue weighted by Gasteiger charge is 2.10. The van der Waals surface area contributed by atoms with Crippen LogP contribution in [0.1, 0.15) is 5.56 Å². The summed E-state index contributed by atoms with van der Waals surface area (Å²) in [6.45, 7) is 1.96. The van der Waals surface area contributed by atoms with Gasteiger partial charge in [0.15, 0.2) is 5.82 Å². The van der Waals surface area contributed by atoms with Gasteiger partial charge in [-0.15, -0.1) is 11.3 Å². The third kappa shape index (κ3) is 1.84. The Kier molecular flexibility index (Phi) is 2.52. The number of H-pyrrole nitrogens is 1. The third-order valence-electron chi connectivity index (χ3n) is 2.61. The molecule has 1 aromatic carbocycles. The van der Waals surface area contributed by atoms with Crippen LogP contribution in [0.25, 0.3) is 11.0 Å². The zero-order valence-electron chi connectivity index (χ0n) is 9.42. The highest BCUT2D eigenvalue weighted by molar-refractivity contribution is 7.08. The molecule has 0 radical (unpaired) electrons. The quantitative estimate of drug-likeness (QED) is 0.736. The Morgan fingerprint density at radius 2 is 2.11 bits per heavy atom. The molecule has 18 heavy (non-hydrogen) atoms. The molecule has 2 N–H and O–H groups in total. The van der Waals surface area contributed by atoms with Crippen molar-refractivity contribution in [2.24, 2.45) is 0 Å². The summed E-state index contributed by atoms with van der Waals surface area (Å²) in [6, 6.07) is 2.04. The number of anilines is 2. The van der Waals surface area contributed by atoms with Crippen LogP contribution in [0.5, 0.6) is 0 Å². The number of imidazole rings is 1. The van der Waals surface area contributed by atoms with Crippen LogP contribution in [0, 0.1) is 18.6 Å². The summed E-state index contributed by atoms with van der Waals surface area (Å²) in [4.78, 5) is 6.91. The molecule has 0 saturated carbocycles. The van der Waals surface area contributed by atoms with E-state index in [0.29, 0.717) is 11.5 Å². The number of nitrogens with zero attached hydrogens (tertiary/aromatic N) is 1. The van der Waals surface area contributed by atoms with E-state index in [9.17, 15) is 8.78 Å². The molecular weight excluding hydrogens is 256 g/mol. The maximum absolute atomic E-state index is 13.5. The van der Waals surface area contributed by atoms with E-state index >= 15 is 0 Å². The molecule has 0 bridgehead atoms. The molecule has 3 rings (SSSR count). The van der Waals surface area contributed by atoms with Gasteiger partial charge in [-0.25, -0.2) is 13.8 Å². The minimum Gasteiger partial charge on any atom is -0.325 e. The van der Waals surface area contributed by atoms with Crippen LogP contribution >= 0.6 is 11.3 Å². The minimum absolute atomic E-state index is 0.131. The van der Waals surface area contributed by atoms with E-state index in [1.165, 1.54) is 6.07 Å². The molecule has 0 unspecified atom stereocenters. The van der Waals surface area contributed by atoms with E-state index in [-0.39, 0.29) is 5.52 Å². The lowest BCUT2D eigenvalue weighted by Crippen LogP contribution is -1.91. The van der Waals surface area contributed by atoms with Gasteiger partial charge in [-0.05, 0) is 23.9 Å². The summed E-state index contributed by atoms with van der Waals surface area (Å²) in [5.74, 6) is -0.894. The minimum atomic E-state index is -0.670. The predicted octanol–water partition coefficient (Wildman–Crippen LogP) is 3.95. The van der Waals surface area contributed by atoms with Crippen LogP contribution in [-0.4, -0.2) is 9.97 Å². The number of rotatable bonds is 2. The van der Waals surface area contributed by atoms with Crippen molar-refractivity contribution < 1.29 is 8.78 Å². The first kappa shape index (κ1) is 11.2. The van der Waals surface area contributed by atoms with E-state index in [0.717, 1.165) is 17.3 Å². The number of aromatic nitrogens is 2. The van der Waals surface area contributed by atoms with Crippen molar-refractivity contribution in [3.63, 3.8) is 0 Å². The Bertz CT molecular complexity index is 717. The zero-order chi connectivity index (χ0) is 12.7. The molecule has 0 amide bonds. The molecule has 2 heterocycles. The number of hydrogen-bond donors (Lipinski definition) is 2. The molecule has 0 aliphatic heterocycles. The molecule has 6 heteroatoms. The average molecular weight is 265 g/mol. The zero-order valence-corrected chi connectivity index (χ0v) is 10.2. The molecule has 0 saturated heterocycles. The second-order valence-electron chi connectivity index (χ2n) is 3.96. The van der Waals surface area contributed by atoms with Crippen molar-refractivity contribution in [3.05, 3.63) is 40.1 Å². The molecule has 0 atom stereocenters. The van der Waals surface area contributed by atoms with Crippen molar-refractivity contribution in [2.75, 3.05) is 5.32 Å². The van der Waals surface area contributed by atoms with Crippen molar-refractivity contribution >= 4 is 34.0 Å². The lowest BCUT2D eigenvalue weighted by atomic mass is 10.3. The van der Waals surface area contributed by atoms with Gasteiger partial charge < -0.3 is 10.3 Å². The lowest BCUT2D eigenvalue weighted by Gasteiger charge is -1.99. The van der Waals surface area contributed by atoms with Gasteiger partial charge in [0.1, 0.15) is 11.3 Å². The van der Waals surface area contributed by atoms with Crippen molar-refractivity contribution in [2.45, 2.75) is 6.92 Å². The number of aromatic amines is 1. The summed E-state index contributed by atoms with van der Waals surface area (Å²) in [7, 11) is 0. The number of aryl methyl sites for hydroxylation is 1. The van der Waals surface area contributed by atoms with Gasteiger partial charge in [0.05, 0.1) is 11.2 Å². The third-order valence-corrected chi connectivity index (χ3v) is 3.47. The van der Waals surface area contributed by atoms with E-state index in [1.54, 1.807) is 11.3 Å². The first-order valence-electron chi connectivity index (χ1n) is 5.28. The normalized spacial score (nSPS) is 11.1. The molecule has 3 aromatic rings. The van der Waals surface area contributed by atoms with Crippen LogP contribution in [0.2, 0.25) is 0 Å². The largest absolute Gasteiger partial charge is 0.325 e. The summed E-state index contributed by atoms with van der Waals surface area (Å²) >= 11 is 1.56. The number of hydrogen-bond acceptors (Lipinski definition) is 3. The van der Waals surface area contributed by atoms with Gasteiger partial charge in [0, 0.05) is 11.4 Å².